The van der Waals surface area contributed by atoms with Crippen LogP contribution in [-0.2, 0) is 18.8 Å². The molecule has 4 aromatic carbocycles. The highest BCUT2D eigenvalue weighted by molar-refractivity contribution is 5.78. The average Bonchev–Trinajstić information content (AvgIpc) is 3.47. The second-order valence-electron chi connectivity index (χ2n) is 16.7. The van der Waals surface area contributed by atoms with Crippen molar-refractivity contribution in [2.24, 2.45) is 10.9 Å². The van der Waals surface area contributed by atoms with Gasteiger partial charge in [0, 0.05) is 58.9 Å². The maximum Gasteiger partial charge on any atom is 0.416 e. The number of pyridine rings is 4. The zero-order valence-electron chi connectivity index (χ0n) is 40.9. The predicted octanol–water partition coefficient (Wildman–Crippen LogP) is 13.1. The second kappa shape index (κ2) is 25.5. The van der Waals surface area contributed by atoms with Crippen LogP contribution < -0.4 is 22.0 Å². The number of halogens is 8. The van der Waals surface area contributed by atoms with Gasteiger partial charge >= 0.3 is 12.4 Å². The third-order valence-electron chi connectivity index (χ3n) is 11.1. The Morgan fingerprint density at radius 1 is 0.481 bits per heavy atom. The first-order chi connectivity index (χ1) is 38.1. The Bertz CT molecular complexity index is 3670. The summed E-state index contributed by atoms with van der Waals surface area (Å²) in [5, 5.41) is 6.93. The molecule has 0 saturated heterocycles. The van der Waals surface area contributed by atoms with Crippen molar-refractivity contribution in [3.05, 3.63) is 240 Å². The maximum atomic E-state index is 14.6. The van der Waals surface area contributed by atoms with Crippen LogP contribution in [0, 0.1) is 11.6 Å². The summed E-state index contributed by atoms with van der Waals surface area (Å²) < 4.78 is 105. The van der Waals surface area contributed by atoms with E-state index in [0.717, 1.165) is 64.5 Å². The molecule has 22 heteroatoms. The standard InChI is InChI=1S/C28H19F4N7.C15H12FN5.C14H10F3NO/c29-25-17-35-27(38-26(25)20-11-19(13-33-14-20)18-5-2-1-3-6-18)39-36-16-23-9-10-24(15-34-23)37-22-8-4-7-21(12-22)28(30,31)32;16-13-9-19-15(21-17)20-14(13)12-6-11(7-18-8-12)10-4-2-1-3-5-10;15-14(16,17)12-3-1-2-10(7-12)6-11-4-5-13(9-19)18-8-11/h1-17,37H,(H,35,38,39);1-9H,17H2,(H,19,20,21);1-5,7-9H,6H2/b36-16+;;. The van der Waals surface area contributed by atoms with Crippen molar-refractivity contribution in [2.45, 2.75) is 18.8 Å². The fraction of sp³-hybridized carbons (Fsp3) is 0.0526. The molecule has 0 radical (unpaired) electrons. The number of rotatable bonds is 13. The van der Waals surface area contributed by atoms with Crippen LogP contribution in [0.25, 0.3) is 44.8 Å². The number of nitrogens with zero attached hydrogens (tertiary/aromatic N) is 9. The second-order valence-corrected chi connectivity index (χ2v) is 16.7. The molecule has 0 aliphatic carbocycles. The molecule has 10 rings (SSSR count). The number of alkyl halides is 6. The number of anilines is 4. The largest absolute Gasteiger partial charge is 0.416 e. The number of nitrogens with two attached hydrogens (primary N) is 1. The number of aldehydes is 1. The Kier molecular flexibility index (Phi) is 17.8. The Balaban J connectivity index is 0.000000172. The van der Waals surface area contributed by atoms with Crippen LogP contribution >= 0.6 is 0 Å². The van der Waals surface area contributed by atoms with Gasteiger partial charge in [-0.1, -0.05) is 91.0 Å². The van der Waals surface area contributed by atoms with Crippen molar-refractivity contribution in [3.63, 3.8) is 0 Å². The molecule has 0 aliphatic heterocycles. The van der Waals surface area contributed by atoms with Gasteiger partial charge in [-0.2, -0.15) is 31.4 Å². The molecule has 79 heavy (non-hydrogen) atoms. The van der Waals surface area contributed by atoms with Crippen molar-refractivity contribution in [3.8, 4) is 44.8 Å². The van der Waals surface area contributed by atoms with Crippen LogP contribution in [0.3, 0.4) is 0 Å². The molecule has 0 saturated carbocycles. The zero-order valence-corrected chi connectivity index (χ0v) is 40.9. The van der Waals surface area contributed by atoms with Gasteiger partial charge in [0.15, 0.2) is 17.9 Å². The number of hydrazine groups is 1. The maximum absolute atomic E-state index is 14.6. The first-order valence-electron chi connectivity index (χ1n) is 23.4. The molecule has 0 spiro atoms. The number of hydrogen-bond donors (Lipinski definition) is 4. The normalized spacial score (nSPS) is 11.2. The Morgan fingerprint density at radius 2 is 1.03 bits per heavy atom. The van der Waals surface area contributed by atoms with E-state index in [0.29, 0.717) is 46.5 Å². The van der Waals surface area contributed by atoms with Crippen LogP contribution in [0.4, 0.5) is 58.4 Å². The summed E-state index contributed by atoms with van der Waals surface area (Å²) >= 11 is 0. The van der Waals surface area contributed by atoms with Gasteiger partial charge < -0.3 is 5.32 Å². The van der Waals surface area contributed by atoms with Crippen LogP contribution in [0.2, 0.25) is 0 Å². The number of aromatic nitrogens is 8. The molecule has 6 heterocycles. The van der Waals surface area contributed by atoms with Gasteiger partial charge in [-0.25, -0.2) is 40.0 Å². The van der Waals surface area contributed by atoms with Crippen LogP contribution in [0.5, 0.6) is 0 Å². The summed E-state index contributed by atoms with van der Waals surface area (Å²) in [7, 11) is 0. The van der Waals surface area contributed by atoms with E-state index in [9.17, 15) is 39.9 Å². The van der Waals surface area contributed by atoms with Crippen molar-refractivity contribution < 1.29 is 39.9 Å². The fourth-order valence-corrected chi connectivity index (χ4v) is 7.33. The number of carbonyl (C=O) groups excluding carboxylic acids is 1. The summed E-state index contributed by atoms with van der Waals surface area (Å²) in [5.74, 6) is 4.33. The molecule has 0 atom stereocenters. The van der Waals surface area contributed by atoms with Crippen molar-refractivity contribution >= 4 is 35.8 Å². The van der Waals surface area contributed by atoms with E-state index in [1.54, 1.807) is 48.9 Å². The molecule has 0 fully saturated rings. The molecule has 10 aromatic rings. The predicted molar refractivity (Wildman–Crippen MR) is 283 cm³/mol. The van der Waals surface area contributed by atoms with Gasteiger partial charge in [0.2, 0.25) is 11.9 Å². The molecular weight excluding hydrogens is 1030 g/mol. The summed E-state index contributed by atoms with van der Waals surface area (Å²) in [5.41, 5.74) is 11.3. The molecule has 0 amide bonds. The van der Waals surface area contributed by atoms with E-state index in [1.807, 2.05) is 66.7 Å². The van der Waals surface area contributed by atoms with Crippen molar-refractivity contribution in [1.82, 2.24) is 39.9 Å². The molecule has 14 nitrogen and oxygen atoms in total. The Hall–Kier alpha value is -10.2. The third-order valence-corrected chi connectivity index (χ3v) is 11.1. The lowest BCUT2D eigenvalue weighted by Gasteiger charge is -2.10. The highest BCUT2D eigenvalue weighted by atomic mass is 19.4. The first-order valence-corrected chi connectivity index (χ1v) is 23.4. The summed E-state index contributed by atoms with van der Waals surface area (Å²) in [6, 6.07) is 39.5. The SMILES string of the molecule is Fc1cnc(N/N=C/c2ccc(Nc3cccc(C(F)(F)F)c3)cn2)nc1-c1cncc(-c2ccccc2)c1.NNc1ncc(F)c(-c2cncc(-c3ccccc3)c2)n1.O=Cc1ccc(Cc2cccc(C(F)(F)F)c2)cn1. The van der Waals surface area contributed by atoms with Crippen LogP contribution in [0.1, 0.15) is 38.4 Å². The van der Waals surface area contributed by atoms with Gasteiger partial charge in [-0.15, -0.1) is 0 Å². The monoisotopic (exact) mass is 1080 g/mol. The molecule has 0 unspecified atom stereocenters. The lowest BCUT2D eigenvalue weighted by atomic mass is 10.0. The third kappa shape index (κ3) is 15.4. The number of hydrazone groups is 1. The van der Waals surface area contributed by atoms with E-state index < -0.39 is 35.1 Å². The molecule has 0 aliphatic rings. The number of carbonyl (C=O) groups is 1. The molecule has 5 N–H and O–H groups in total. The molecule has 396 valence electrons. The highest BCUT2D eigenvalue weighted by Crippen LogP contribution is 2.33. The number of hydrogen-bond acceptors (Lipinski definition) is 14. The average molecular weight is 1080 g/mol. The molecule has 0 bridgehead atoms. The van der Waals surface area contributed by atoms with Gasteiger partial charge in [-0.05, 0) is 83.3 Å². The van der Waals surface area contributed by atoms with E-state index >= 15 is 0 Å². The lowest BCUT2D eigenvalue weighted by Crippen LogP contribution is -2.11. The minimum Gasteiger partial charge on any atom is -0.354 e. The summed E-state index contributed by atoms with van der Waals surface area (Å²) in [6.45, 7) is 0. The topological polar surface area (TPSA) is 195 Å². The molecule has 6 aromatic heterocycles. The summed E-state index contributed by atoms with van der Waals surface area (Å²) in [4.78, 5) is 42.8. The van der Waals surface area contributed by atoms with E-state index in [1.165, 1.54) is 49.1 Å². The number of nitrogens with one attached hydrogen (secondary N) is 3. The minimum atomic E-state index is -4.43. The van der Waals surface area contributed by atoms with Crippen molar-refractivity contribution in [2.75, 3.05) is 16.2 Å². The van der Waals surface area contributed by atoms with Crippen LogP contribution in [0.15, 0.2) is 200 Å². The van der Waals surface area contributed by atoms with E-state index in [2.05, 4.69) is 61.1 Å². The van der Waals surface area contributed by atoms with Crippen LogP contribution in [-0.4, -0.2) is 52.4 Å². The number of nitrogen functional groups attached to an aromatic ring is 1. The quantitative estimate of drug-likeness (QED) is 0.0280. The number of benzene rings is 4. The Morgan fingerprint density at radius 3 is 1.57 bits per heavy atom. The van der Waals surface area contributed by atoms with Gasteiger partial charge in [0.25, 0.3) is 0 Å². The minimum absolute atomic E-state index is 0.0654. The fourth-order valence-electron chi connectivity index (χ4n) is 7.33. The van der Waals surface area contributed by atoms with Crippen molar-refractivity contribution in [1.29, 1.82) is 0 Å². The van der Waals surface area contributed by atoms with Gasteiger partial charge in [-0.3, -0.25) is 30.2 Å². The van der Waals surface area contributed by atoms with E-state index in [-0.39, 0.29) is 29.0 Å². The highest BCUT2D eigenvalue weighted by Gasteiger charge is 2.31. The smallest absolute Gasteiger partial charge is 0.354 e. The first kappa shape index (κ1) is 55.0. The molecular formula is C57H41F8N13O. The van der Waals surface area contributed by atoms with Gasteiger partial charge in [0.05, 0.1) is 47.3 Å². The van der Waals surface area contributed by atoms with E-state index in [4.69, 9.17) is 5.84 Å². The Labute approximate surface area is 445 Å². The zero-order chi connectivity index (χ0) is 55.8. The van der Waals surface area contributed by atoms with Gasteiger partial charge in [0.1, 0.15) is 17.1 Å². The lowest BCUT2D eigenvalue weighted by molar-refractivity contribution is -0.138. The summed E-state index contributed by atoms with van der Waals surface area (Å²) in [6.07, 6.45) is 5.15.